The highest BCUT2D eigenvalue weighted by molar-refractivity contribution is 4.98. The van der Waals surface area contributed by atoms with E-state index in [4.69, 9.17) is 4.74 Å². The molecule has 2 aliphatic rings. The van der Waals surface area contributed by atoms with Crippen LogP contribution in [0.15, 0.2) is 0 Å². The predicted octanol–water partition coefficient (Wildman–Crippen LogP) is -4.07. The van der Waals surface area contributed by atoms with Gasteiger partial charge in [-0.2, -0.15) is 0 Å². The van der Waals surface area contributed by atoms with Crippen LogP contribution in [-0.2, 0) is 4.74 Å². The molecule has 0 aromatic heterocycles. The van der Waals surface area contributed by atoms with Crippen molar-refractivity contribution in [3.05, 3.63) is 0 Å². The van der Waals surface area contributed by atoms with E-state index in [1.54, 1.807) is 0 Å². The lowest BCUT2D eigenvalue weighted by Gasteiger charge is -2.45. The molecule has 2 fully saturated rings. The predicted molar refractivity (Wildman–Crippen MR) is 75.1 cm³/mol. The first-order valence-corrected chi connectivity index (χ1v) is 7.77. The zero-order valence-electron chi connectivity index (χ0n) is 12.6. The fourth-order valence-corrected chi connectivity index (χ4v) is 3.42. The fraction of sp³-hybridized carbons (Fsp3) is 1.00. The Morgan fingerprint density at radius 2 is 1.22 bits per heavy atom. The van der Waals surface area contributed by atoms with Crippen LogP contribution in [0.4, 0.5) is 0 Å². The summed E-state index contributed by atoms with van der Waals surface area (Å²) in [5.41, 5.74) is 0. The Bertz CT molecular complexity index is 379. The van der Waals surface area contributed by atoms with Crippen LogP contribution in [0.5, 0.6) is 0 Å². The lowest BCUT2D eigenvalue weighted by molar-refractivity contribution is -0.241. The van der Waals surface area contributed by atoms with Gasteiger partial charge in [-0.3, -0.25) is 0 Å². The first kappa shape index (κ1) is 19.0. The van der Waals surface area contributed by atoms with Gasteiger partial charge < -0.3 is 45.6 Å². The maximum absolute atomic E-state index is 10.2. The molecule has 10 atom stereocenters. The van der Waals surface area contributed by atoms with Gasteiger partial charge in [-0.25, -0.2) is 0 Å². The molecule has 0 amide bonds. The molecule has 0 heterocycles. The van der Waals surface area contributed by atoms with E-state index in [0.29, 0.717) is 0 Å². The summed E-state index contributed by atoms with van der Waals surface area (Å²) in [6, 6.07) is 0. The second kappa shape index (κ2) is 7.68. The van der Waals surface area contributed by atoms with Crippen LogP contribution in [0.3, 0.4) is 0 Å². The molecule has 8 N–H and O–H groups in total. The van der Waals surface area contributed by atoms with Crippen molar-refractivity contribution < 1.29 is 45.6 Å². The molecule has 0 aromatic rings. The second-order valence-electron chi connectivity index (χ2n) is 6.52. The van der Waals surface area contributed by atoms with Crippen LogP contribution in [-0.4, -0.2) is 103 Å². The summed E-state index contributed by atoms with van der Waals surface area (Å²) in [4.78, 5) is 0. The molecule has 0 radical (unpaired) electrons. The van der Waals surface area contributed by atoms with Crippen LogP contribution in [0.1, 0.15) is 12.8 Å². The second-order valence-corrected chi connectivity index (χ2v) is 6.52. The average molecular weight is 338 g/mol. The summed E-state index contributed by atoms with van der Waals surface area (Å²) < 4.78 is 5.52. The van der Waals surface area contributed by atoms with Gasteiger partial charge in [0, 0.05) is 25.0 Å². The van der Waals surface area contributed by atoms with Gasteiger partial charge in [0.15, 0.2) is 0 Å². The minimum absolute atomic E-state index is 0.00567. The molecule has 10 unspecified atom stereocenters. The van der Waals surface area contributed by atoms with Crippen LogP contribution < -0.4 is 0 Å². The molecule has 23 heavy (non-hydrogen) atoms. The van der Waals surface area contributed by atoms with Crippen molar-refractivity contribution in [3.8, 4) is 0 Å². The van der Waals surface area contributed by atoms with Crippen molar-refractivity contribution in [3.63, 3.8) is 0 Å². The van der Waals surface area contributed by atoms with Crippen molar-refractivity contribution in [1.29, 1.82) is 0 Å². The molecule has 2 saturated carbocycles. The van der Waals surface area contributed by atoms with Gasteiger partial charge in [0.2, 0.25) is 0 Å². The minimum Gasteiger partial charge on any atom is -0.396 e. The van der Waals surface area contributed by atoms with E-state index in [0.717, 1.165) is 0 Å². The Morgan fingerprint density at radius 1 is 0.652 bits per heavy atom. The van der Waals surface area contributed by atoms with Crippen LogP contribution in [0.2, 0.25) is 0 Å². The third kappa shape index (κ3) is 3.68. The van der Waals surface area contributed by atoms with Gasteiger partial charge in [-0.05, 0) is 12.8 Å². The Kier molecular flexibility index (Phi) is 6.34. The molecule has 9 heteroatoms. The van der Waals surface area contributed by atoms with Crippen LogP contribution in [0.25, 0.3) is 0 Å². The Balaban J connectivity index is 2.11. The van der Waals surface area contributed by atoms with Gasteiger partial charge in [-0.15, -0.1) is 0 Å². The number of ether oxygens (including phenoxy) is 1. The average Bonchev–Trinajstić information content (AvgIpc) is 2.54. The number of hydrogen-bond acceptors (Lipinski definition) is 9. The highest BCUT2D eigenvalue weighted by atomic mass is 16.5. The highest BCUT2D eigenvalue weighted by Crippen LogP contribution is 2.33. The summed E-state index contributed by atoms with van der Waals surface area (Å²) in [5, 5.41) is 78.1. The molecule has 0 aromatic carbocycles. The molecule has 0 saturated heterocycles. The Labute approximate surface area is 133 Å². The third-order valence-corrected chi connectivity index (χ3v) is 4.99. The number of rotatable bonds is 4. The topological polar surface area (TPSA) is 171 Å². The first-order chi connectivity index (χ1) is 10.8. The molecule has 136 valence electrons. The van der Waals surface area contributed by atoms with Crippen molar-refractivity contribution in [2.24, 2.45) is 11.8 Å². The Hall–Kier alpha value is -0.360. The molecule has 0 bridgehead atoms. The van der Waals surface area contributed by atoms with E-state index in [1.807, 2.05) is 0 Å². The maximum Gasteiger partial charge on any atom is 0.113 e. The fourth-order valence-electron chi connectivity index (χ4n) is 3.42. The van der Waals surface area contributed by atoms with Gasteiger partial charge in [-0.1, -0.05) is 0 Å². The molecule has 2 rings (SSSR count). The number of aliphatic hydroxyl groups is 8. The highest BCUT2D eigenvalue weighted by Gasteiger charge is 2.48. The number of hydrogen-bond donors (Lipinski definition) is 8. The summed E-state index contributed by atoms with van der Waals surface area (Å²) in [6.45, 7) is -0.832. The zero-order valence-corrected chi connectivity index (χ0v) is 12.6. The molecule has 2 aliphatic carbocycles. The van der Waals surface area contributed by atoms with Gasteiger partial charge in [0.25, 0.3) is 0 Å². The van der Waals surface area contributed by atoms with Gasteiger partial charge in [0.05, 0.1) is 24.4 Å². The Morgan fingerprint density at radius 3 is 1.78 bits per heavy atom. The zero-order chi connectivity index (χ0) is 17.3. The van der Waals surface area contributed by atoms with Crippen molar-refractivity contribution in [2.75, 3.05) is 13.2 Å². The van der Waals surface area contributed by atoms with E-state index in [9.17, 15) is 40.9 Å². The van der Waals surface area contributed by atoms with Gasteiger partial charge in [0.1, 0.15) is 24.4 Å². The SMILES string of the molecule is OCC1CC(OC2C(O)C(O)CC(CO)C2O)C(O)C(O)C1O. The van der Waals surface area contributed by atoms with E-state index in [2.05, 4.69) is 0 Å². The minimum atomic E-state index is -1.54. The van der Waals surface area contributed by atoms with E-state index >= 15 is 0 Å². The monoisotopic (exact) mass is 338 g/mol. The van der Waals surface area contributed by atoms with Gasteiger partial charge >= 0.3 is 0 Å². The standard InChI is InChI=1S/C14H26O9/c15-3-5-1-7(17)11(20)14(10(5)19)23-8-2-6(4-16)9(18)13(22)12(8)21/h5-22H,1-4H2. The lowest BCUT2D eigenvalue weighted by Crippen LogP contribution is -2.61. The maximum atomic E-state index is 10.2. The first-order valence-electron chi connectivity index (χ1n) is 7.77. The smallest absolute Gasteiger partial charge is 0.113 e. The summed E-state index contributed by atoms with van der Waals surface area (Å²) in [6.07, 6.45) is -10.5. The molecular formula is C14H26O9. The van der Waals surface area contributed by atoms with Crippen LogP contribution in [0, 0.1) is 11.8 Å². The lowest BCUT2D eigenvalue weighted by atomic mass is 9.79. The quantitative estimate of drug-likeness (QED) is 0.254. The third-order valence-electron chi connectivity index (χ3n) is 4.99. The van der Waals surface area contributed by atoms with Crippen molar-refractivity contribution >= 4 is 0 Å². The van der Waals surface area contributed by atoms with E-state index < -0.39 is 73.9 Å². The van der Waals surface area contributed by atoms with E-state index in [1.165, 1.54) is 0 Å². The summed E-state index contributed by atoms with van der Waals surface area (Å²) >= 11 is 0. The molecule has 0 spiro atoms. The van der Waals surface area contributed by atoms with E-state index in [-0.39, 0.29) is 12.8 Å². The molecule has 0 aliphatic heterocycles. The largest absolute Gasteiger partial charge is 0.396 e. The molecule has 9 nitrogen and oxygen atoms in total. The summed E-state index contributed by atoms with van der Waals surface area (Å²) in [7, 11) is 0. The summed E-state index contributed by atoms with van der Waals surface area (Å²) in [5.74, 6) is -1.42. The molecular weight excluding hydrogens is 312 g/mol. The van der Waals surface area contributed by atoms with Crippen LogP contribution >= 0.6 is 0 Å². The van der Waals surface area contributed by atoms with Crippen molar-refractivity contribution in [1.82, 2.24) is 0 Å². The normalized spacial score (nSPS) is 51.7. The van der Waals surface area contributed by atoms with Crippen molar-refractivity contribution in [2.45, 2.75) is 61.7 Å². The number of aliphatic hydroxyl groups excluding tert-OH is 8.